The molecule has 0 saturated carbocycles. The van der Waals surface area contributed by atoms with Crippen molar-refractivity contribution in [2.45, 2.75) is 12.7 Å². The Bertz CT molecular complexity index is 605. The monoisotopic (exact) mass is 269 g/mol. The average Bonchev–Trinajstić information content (AvgIpc) is 2.36. The lowest BCUT2D eigenvalue weighted by molar-refractivity contribution is -0.137. The maximum absolute atomic E-state index is 12.4. The summed E-state index contributed by atoms with van der Waals surface area (Å²) in [7, 11) is 0. The summed E-state index contributed by atoms with van der Waals surface area (Å²) in [6.07, 6.45) is -3.09. The summed E-state index contributed by atoms with van der Waals surface area (Å²) in [5.41, 5.74) is -0.328. The van der Waals surface area contributed by atoms with Crippen LogP contribution in [0, 0.1) is 0 Å². The Labute approximate surface area is 106 Å². The van der Waals surface area contributed by atoms with E-state index in [1.165, 1.54) is 24.5 Å². The predicted molar refractivity (Wildman–Crippen MR) is 63.6 cm³/mol. The molecule has 0 atom stereocenters. The maximum Gasteiger partial charge on any atom is 0.416 e. The highest BCUT2D eigenvalue weighted by Crippen LogP contribution is 2.29. The number of nitrogens with zero attached hydrogens (tertiary/aromatic N) is 1. The molecule has 7 heteroatoms. The summed E-state index contributed by atoms with van der Waals surface area (Å²) in [6, 6.07) is 6.06. The van der Waals surface area contributed by atoms with Crippen molar-refractivity contribution >= 4 is 5.82 Å². The van der Waals surface area contributed by atoms with E-state index in [0.29, 0.717) is 11.4 Å². The van der Waals surface area contributed by atoms with Crippen molar-refractivity contribution in [3.63, 3.8) is 0 Å². The first-order valence-electron chi connectivity index (χ1n) is 5.40. The fourth-order valence-electron chi connectivity index (χ4n) is 1.47. The first kappa shape index (κ1) is 13.1. The number of nitrogens with one attached hydrogen (secondary N) is 2. The van der Waals surface area contributed by atoms with Gasteiger partial charge >= 0.3 is 6.18 Å². The van der Waals surface area contributed by atoms with Gasteiger partial charge in [-0.15, -0.1) is 0 Å². The molecule has 0 spiro atoms. The normalized spacial score (nSPS) is 11.3. The zero-order valence-electron chi connectivity index (χ0n) is 9.66. The number of alkyl halides is 3. The van der Waals surface area contributed by atoms with Crippen LogP contribution in [0.2, 0.25) is 0 Å². The molecule has 4 nitrogen and oxygen atoms in total. The standard InChI is InChI=1S/C12H10F3N3O/c13-12(14,15)9-3-1-8(2-4-9)6-16-10-5-11(19)18-7-17-10/h1-5,7H,6H2,(H2,16,17,18,19). The van der Waals surface area contributed by atoms with Crippen LogP contribution in [0.3, 0.4) is 0 Å². The van der Waals surface area contributed by atoms with Crippen LogP contribution in [0.25, 0.3) is 0 Å². The molecule has 1 aromatic carbocycles. The molecule has 19 heavy (non-hydrogen) atoms. The molecule has 0 amide bonds. The van der Waals surface area contributed by atoms with Gasteiger partial charge in [0, 0.05) is 12.6 Å². The smallest absolute Gasteiger partial charge is 0.366 e. The molecule has 1 aromatic heterocycles. The molecular weight excluding hydrogens is 259 g/mol. The molecule has 1 heterocycles. The van der Waals surface area contributed by atoms with E-state index in [4.69, 9.17) is 0 Å². The highest BCUT2D eigenvalue weighted by Gasteiger charge is 2.29. The van der Waals surface area contributed by atoms with Gasteiger partial charge < -0.3 is 10.3 Å². The summed E-state index contributed by atoms with van der Waals surface area (Å²) in [5.74, 6) is 0.364. The number of rotatable bonds is 3. The fraction of sp³-hybridized carbons (Fsp3) is 0.167. The van der Waals surface area contributed by atoms with Gasteiger partial charge in [0.05, 0.1) is 11.9 Å². The Morgan fingerprint density at radius 1 is 1.21 bits per heavy atom. The van der Waals surface area contributed by atoms with Gasteiger partial charge in [-0.05, 0) is 17.7 Å². The lowest BCUT2D eigenvalue weighted by Crippen LogP contribution is -2.09. The molecule has 100 valence electrons. The molecule has 2 rings (SSSR count). The zero-order valence-corrected chi connectivity index (χ0v) is 9.66. The molecule has 0 fully saturated rings. The quantitative estimate of drug-likeness (QED) is 0.899. The molecule has 0 bridgehead atoms. The largest absolute Gasteiger partial charge is 0.416 e. The number of H-pyrrole nitrogens is 1. The summed E-state index contributed by atoms with van der Waals surface area (Å²) in [6.45, 7) is 0.286. The summed E-state index contributed by atoms with van der Waals surface area (Å²) in [4.78, 5) is 17.2. The fourth-order valence-corrected chi connectivity index (χ4v) is 1.47. The Kier molecular flexibility index (Phi) is 3.55. The molecule has 0 unspecified atom stereocenters. The number of hydrogen-bond donors (Lipinski definition) is 2. The first-order chi connectivity index (χ1) is 8.95. The van der Waals surface area contributed by atoms with E-state index in [1.54, 1.807) is 0 Å². The highest BCUT2D eigenvalue weighted by molar-refractivity contribution is 5.34. The van der Waals surface area contributed by atoms with Crippen LogP contribution < -0.4 is 10.9 Å². The van der Waals surface area contributed by atoms with E-state index in [2.05, 4.69) is 15.3 Å². The van der Waals surface area contributed by atoms with Crippen molar-refractivity contribution in [1.29, 1.82) is 0 Å². The maximum atomic E-state index is 12.4. The van der Waals surface area contributed by atoms with Crippen LogP contribution in [0.1, 0.15) is 11.1 Å². The zero-order chi connectivity index (χ0) is 13.9. The molecule has 0 aliphatic carbocycles. The Balaban J connectivity index is 2.03. The summed E-state index contributed by atoms with van der Waals surface area (Å²) in [5, 5.41) is 2.85. The van der Waals surface area contributed by atoms with Gasteiger partial charge in [-0.1, -0.05) is 12.1 Å². The van der Waals surface area contributed by atoms with E-state index in [1.807, 2.05) is 0 Å². The lowest BCUT2D eigenvalue weighted by Gasteiger charge is -2.08. The van der Waals surface area contributed by atoms with E-state index >= 15 is 0 Å². The minimum atomic E-state index is -4.33. The predicted octanol–water partition coefficient (Wildman–Crippen LogP) is 2.40. The molecular formula is C12H10F3N3O. The van der Waals surface area contributed by atoms with Gasteiger partial charge in [0.25, 0.3) is 5.56 Å². The van der Waals surface area contributed by atoms with Gasteiger partial charge in [-0.2, -0.15) is 13.2 Å². The molecule has 2 N–H and O–H groups in total. The average molecular weight is 269 g/mol. The van der Waals surface area contributed by atoms with Gasteiger partial charge in [0.15, 0.2) is 0 Å². The molecule has 0 saturated heterocycles. The second-order valence-corrected chi connectivity index (χ2v) is 3.84. The van der Waals surface area contributed by atoms with Crippen molar-refractivity contribution in [2.75, 3.05) is 5.32 Å². The van der Waals surface area contributed by atoms with Crippen molar-refractivity contribution in [1.82, 2.24) is 9.97 Å². The highest BCUT2D eigenvalue weighted by atomic mass is 19.4. The van der Waals surface area contributed by atoms with Gasteiger partial charge in [-0.3, -0.25) is 4.79 Å². The summed E-state index contributed by atoms with van der Waals surface area (Å²) >= 11 is 0. The molecule has 0 radical (unpaired) electrons. The number of benzene rings is 1. The van der Waals surface area contributed by atoms with Gasteiger partial charge in [-0.25, -0.2) is 4.98 Å². The Hall–Kier alpha value is -2.31. The lowest BCUT2D eigenvalue weighted by atomic mass is 10.1. The third-order valence-corrected chi connectivity index (χ3v) is 2.43. The van der Waals surface area contributed by atoms with Crippen molar-refractivity contribution < 1.29 is 13.2 Å². The number of aromatic amines is 1. The second-order valence-electron chi connectivity index (χ2n) is 3.84. The minimum absolute atomic E-state index is 0.286. The third kappa shape index (κ3) is 3.57. The van der Waals surface area contributed by atoms with Crippen molar-refractivity contribution in [3.8, 4) is 0 Å². The van der Waals surface area contributed by atoms with Crippen molar-refractivity contribution in [3.05, 3.63) is 58.1 Å². The minimum Gasteiger partial charge on any atom is -0.366 e. The van der Waals surface area contributed by atoms with Crippen LogP contribution in [-0.2, 0) is 12.7 Å². The van der Waals surface area contributed by atoms with Crippen LogP contribution >= 0.6 is 0 Å². The van der Waals surface area contributed by atoms with Crippen LogP contribution in [-0.4, -0.2) is 9.97 Å². The Morgan fingerprint density at radius 3 is 2.47 bits per heavy atom. The SMILES string of the molecule is O=c1cc(NCc2ccc(C(F)(F)F)cc2)nc[nH]1. The molecule has 2 aromatic rings. The van der Waals surface area contributed by atoms with Crippen molar-refractivity contribution in [2.24, 2.45) is 0 Å². The van der Waals surface area contributed by atoms with Crippen LogP contribution in [0.4, 0.5) is 19.0 Å². The number of anilines is 1. The topological polar surface area (TPSA) is 57.8 Å². The molecule has 0 aliphatic heterocycles. The van der Waals surface area contributed by atoms with E-state index < -0.39 is 11.7 Å². The number of hydrogen-bond acceptors (Lipinski definition) is 3. The van der Waals surface area contributed by atoms with Crippen LogP contribution in [0.15, 0.2) is 41.5 Å². The molecule has 0 aliphatic rings. The van der Waals surface area contributed by atoms with E-state index in [-0.39, 0.29) is 12.1 Å². The second kappa shape index (κ2) is 5.13. The Morgan fingerprint density at radius 2 is 1.89 bits per heavy atom. The number of halogens is 3. The van der Waals surface area contributed by atoms with Gasteiger partial charge in [0.2, 0.25) is 0 Å². The summed E-state index contributed by atoms with van der Waals surface area (Å²) < 4.78 is 37.1. The first-order valence-corrected chi connectivity index (χ1v) is 5.40. The van der Waals surface area contributed by atoms with Gasteiger partial charge in [0.1, 0.15) is 5.82 Å². The third-order valence-electron chi connectivity index (χ3n) is 2.43. The van der Waals surface area contributed by atoms with Crippen LogP contribution in [0.5, 0.6) is 0 Å². The van der Waals surface area contributed by atoms with E-state index in [0.717, 1.165) is 12.1 Å². The van der Waals surface area contributed by atoms with E-state index in [9.17, 15) is 18.0 Å². The number of aromatic nitrogens is 2.